The number of aliphatic carboxylic acids is 1. The number of rotatable bonds is 6. The van der Waals surface area contributed by atoms with Crippen molar-refractivity contribution in [2.75, 3.05) is 0 Å². The molecule has 0 aliphatic heterocycles. The van der Waals surface area contributed by atoms with E-state index >= 15 is 0 Å². The van der Waals surface area contributed by atoms with E-state index in [0.717, 1.165) is 12.8 Å². The van der Waals surface area contributed by atoms with Crippen LogP contribution in [0.1, 0.15) is 32.0 Å². The number of carboxylic acid groups (broad SMARTS) is 1. The van der Waals surface area contributed by atoms with Gasteiger partial charge in [-0.3, -0.25) is 4.79 Å². The van der Waals surface area contributed by atoms with Gasteiger partial charge in [0.1, 0.15) is 0 Å². The number of hydrogen-bond acceptors (Lipinski definition) is 5. The molecule has 0 amide bonds. The molecule has 0 spiro atoms. The van der Waals surface area contributed by atoms with Gasteiger partial charge in [0.2, 0.25) is 5.89 Å². The van der Waals surface area contributed by atoms with Crippen LogP contribution in [0, 0.1) is 0 Å². The van der Waals surface area contributed by atoms with Gasteiger partial charge in [0.25, 0.3) is 0 Å². The summed E-state index contributed by atoms with van der Waals surface area (Å²) in [4.78, 5) is 14.7. The van der Waals surface area contributed by atoms with Gasteiger partial charge in [-0.15, -0.1) is 11.8 Å². The van der Waals surface area contributed by atoms with E-state index in [9.17, 15) is 4.79 Å². The van der Waals surface area contributed by atoms with Crippen molar-refractivity contribution in [1.29, 1.82) is 0 Å². The zero-order valence-electron chi connectivity index (χ0n) is 8.77. The highest BCUT2D eigenvalue weighted by Crippen LogP contribution is 2.16. The van der Waals surface area contributed by atoms with E-state index in [1.54, 1.807) is 6.92 Å². The minimum Gasteiger partial charge on any atom is -0.480 e. The quantitative estimate of drug-likeness (QED) is 0.802. The number of carbonyl (C=O) groups is 1. The molecule has 1 aromatic rings. The zero-order valence-corrected chi connectivity index (χ0v) is 9.58. The van der Waals surface area contributed by atoms with Gasteiger partial charge in [0.15, 0.2) is 5.82 Å². The number of nitrogens with zero attached hydrogens (tertiary/aromatic N) is 2. The number of aryl methyl sites for hydroxylation is 1. The second kappa shape index (κ2) is 5.75. The van der Waals surface area contributed by atoms with Crippen molar-refractivity contribution in [3.63, 3.8) is 0 Å². The second-order valence-corrected chi connectivity index (χ2v) is 4.47. The normalized spacial score (nSPS) is 12.7. The lowest BCUT2D eigenvalue weighted by Crippen LogP contribution is -2.11. The highest BCUT2D eigenvalue weighted by Gasteiger charge is 2.13. The summed E-state index contributed by atoms with van der Waals surface area (Å²) in [6.45, 7) is 3.67. The van der Waals surface area contributed by atoms with Crippen molar-refractivity contribution in [2.45, 2.75) is 37.7 Å². The van der Waals surface area contributed by atoms with Crippen LogP contribution in [0.15, 0.2) is 4.52 Å². The van der Waals surface area contributed by atoms with Crippen LogP contribution in [0.2, 0.25) is 0 Å². The van der Waals surface area contributed by atoms with E-state index in [4.69, 9.17) is 9.63 Å². The minimum atomic E-state index is -0.822. The third kappa shape index (κ3) is 3.91. The summed E-state index contributed by atoms with van der Waals surface area (Å²) in [5.41, 5.74) is 0. The first-order valence-electron chi connectivity index (χ1n) is 4.79. The van der Waals surface area contributed by atoms with Crippen LogP contribution < -0.4 is 0 Å². The Hall–Kier alpha value is -1.04. The topological polar surface area (TPSA) is 76.2 Å². The maximum absolute atomic E-state index is 10.5. The molecule has 15 heavy (non-hydrogen) atoms. The lowest BCUT2D eigenvalue weighted by Gasteiger charge is -2.01. The lowest BCUT2D eigenvalue weighted by atomic mass is 10.3. The summed E-state index contributed by atoms with van der Waals surface area (Å²) in [6.07, 6.45) is 1.73. The van der Waals surface area contributed by atoms with Crippen molar-refractivity contribution in [2.24, 2.45) is 0 Å². The third-order valence-corrected chi connectivity index (χ3v) is 2.91. The molecule has 0 saturated carbocycles. The first-order chi connectivity index (χ1) is 7.13. The van der Waals surface area contributed by atoms with Crippen LogP contribution in [0.25, 0.3) is 0 Å². The van der Waals surface area contributed by atoms with Crippen molar-refractivity contribution in [3.05, 3.63) is 11.7 Å². The molecule has 1 atom stereocenters. The van der Waals surface area contributed by atoms with E-state index in [-0.39, 0.29) is 0 Å². The molecule has 0 bridgehead atoms. The van der Waals surface area contributed by atoms with Crippen LogP contribution in [0.5, 0.6) is 0 Å². The van der Waals surface area contributed by atoms with Gasteiger partial charge in [0.05, 0.1) is 11.0 Å². The molecule has 1 aromatic heterocycles. The molecule has 6 heteroatoms. The van der Waals surface area contributed by atoms with E-state index in [2.05, 4.69) is 10.1 Å². The SMILES string of the molecule is CCCc1nc(CSC(C)C(=O)O)no1. The van der Waals surface area contributed by atoms with Crippen LogP contribution in [-0.4, -0.2) is 26.5 Å². The first-order valence-corrected chi connectivity index (χ1v) is 5.84. The number of carboxylic acids is 1. The Morgan fingerprint density at radius 1 is 1.67 bits per heavy atom. The van der Waals surface area contributed by atoms with Gasteiger partial charge < -0.3 is 9.63 Å². The number of hydrogen-bond donors (Lipinski definition) is 1. The Morgan fingerprint density at radius 2 is 2.40 bits per heavy atom. The van der Waals surface area contributed by atoms with Gasteiger partial charge in [-0.25, -0.2) is 0 Å². The molecule has 0 saturated heterocycles. The molecule has 1 heterocycles. The molecule has 0 fully saturated rings. The van der Waals surface area contributed by atoms with Crippen molar-refractivity contribution >= 4 is 17.7 Å². The fraction of sp³-hybridized carbons (Fsp3) is 0.667. The van der Waals surface area contributed by atoms with Crippen molar-refractivity contribution in [3.8, 4) is 0 Å². The maximum Gasteiger partial charge on any atom is 0.316 e. The fourth-order valence-corrected chi connectivity index (χ4v) is 1.59. The summed E-state index contributed by atoms with van der Waals surface area (Å²) in [7, 11) is 0. The van der Waals surface area contributed by atoms with Gasteiger partial charge in [-0.05, 0) is 13.3 Å². The Labute approximate surface area is 92.2 Å². The molecule has 0 aliphatic rings. The van der Waals surface area contributed by atoms with Crippen LogP contribution in [0.3, 0.4) is 0 Å². The predicted octanol–water partition coefficient (Wildman–Crippen LogP) is 1.73. The number of thioether (sulfide) groups is 1. The van der Waals surface area contributed by atoms with E-state index in [0.29, 0.717) is 17.5 Å². The molecule has 1 unspecified atom stereocenters. The first kappa shape index (κ1) is 12.0. The molecule has 0 aliphatic carbocycles. The molecular formula is C9H14N2O3S. The zero-order chi connectivity index (χ0) is 11.3. The minimum absolute atomic E-state index is 0.446. The van der Waals surface area contributed by atoms with E-state index < -0.39 is 11.2 Å². The molecule has 0 aromatic carbocycles. The van der Waals surface area contributed by atoms with Crippen LogP contribution in [0.4, 0.5) is 0 Å². The van der Waals surface area contributed by atoms with Crippen LogP contribution in [-0.2, 0) is 17.0 Å². The Balaban J connectivity index is 2.40. The fourth-order valence-electron chi connectivity index (χ4n) is 0.935. The van der Waals surface area contributed by atoms with Crippen molar-refractivity contribution in [1.82, 2.24) is 10.1 Å². The maximum atomic E-state index is 10.5. The predicted molar refractivity (Wildman–Crippen MR) is 56.7 cm³/mol. The molecule has 84 valence electrons. The van der Waals surface area contributed by atoms with E-state index in [1.165, 1.54) is 11.8 Å². The Bertz CT molecular complexity index is 327. The van der Waals surface area contributed by atoms with Gasteiger partial charge in [0, 0.05) is 6.42 Å². The summed E-state index contributed by atoms with van der Waals surface area (Å²) in [5, 5.41) is 12.0. The summed E-state index contributed by atoms with van der Waals surface area (Å²) in [6, 6.07) is 0. The Kier molecular flexibility index (Phi) is 4.61. The summed E-state index contributed by atoms with van der Waals surface area (Å²) >= 11 is 1.28. The Morgan fingerprint density at radius 3 is 3.00 bits per heavy atom. The lowest BCUT2D eigenvalue weighted by molar-refractivity contribution is -0.136. The van der Waals surface area contributed by atoms with Gasteiger partial charge in [-0.1, -0.05) is 12.1 Å². The average Bonchev–Trinajstić information content (AvgIpc) is 2.62. The molecular weight excluding hydrogens is 216 g/mol. The molecule has 1 rings (SSSR count). The highest BCUT2D eigenvalue weighted by atomic mass is 32.2. The second-order valence-electron chi connectivity index (χ2n) is 3.15. The largest absolute Gasteiger partial charge is 0.480 e. The highest BCUT2D eigenvalue weighted by molar-refractivity contribution is 7.99. The average molecular weight is 230 g/mol. The van der Waals surface area contributed by atoms with Crippen LogP contribution >= 0.6 is 11.8 Å². The summed E-state index contributed by atoms with van der Waals surface area (Å²) < 4.78 is 4.98. The van der Waals surface area contributed by atoms with Crippen molar-refractivity contribution < 1.29 is 14.4 Å². The molecule has 5 nitrogen and oxygen atoms in total. The van der Waals surface area contributed by atoms with Gasteiger partial charge >= 0.3 is 5.97 Å². The summed E-state index contributed by atoms with van der Waals surface area (Å²) in [5.74, 6) is 0.839. The van der Waals surface area contributed by atoms with Gasteiger partial charge in [-0.2, -0.15) is 4.98 Å². The van der Waals surface area contributed by atoms with E-state index in [1.807, 2.05) is 6.92 Å². The standard InChI is InChI=1S/C9H14N2O3S/c1-3-4-8-10-7(11-14-8)5-15-6(2)9(12)13/h6H,3-5H2,1-2H3,(H,12,13). The smallest absolute Gasteiger partial charge is 0.316 e. The molecule has 1 N–H and O–H groups in total. The number of aromatic nitrogens is 2. The third-order valence-electron chi connectivity index (χ3n) is 1.78. The monoisotopic (exact) mass is 230 g/mol. The molecule has 0 radical (unpaired) electrons.